The van der Waals surface area contributed by atoms with Crippen molar-refractivity contribution < 1.29 is 9.59 Å². The van der Waals surface area contributed by atoms with Gasteiger partial charge in [0, 0.05) is 20.4 Å². The van der Waals surface area contributed by atoms with Crippen LogP contribution in [0.5, 0.6) is 0 Å². The minimum absolute atomic E-state index is 0.122. The zero-order valence-corrected chi connectivity index (χ0v) is 20.1. The van der Waals surface area contributed by atoms with Gasteiger partial charge < -0.3 is 10.6 Å². The Bertz CT molecular complexity index is 1120. The summed E-state index contributed by atoms with van der Waals surface area (Å²) in [5, 5.41) is 8.79. The maximum absolute atomic E-state index is 12.6. The van der Waals surface area contributed by atoms with Crippen LogP contribution in [0.15, 0.2) is 72.8 Å². The van der Waals surface area contributed by atoms with Gasteiger partial charge in [0.2, 0.25) is 0 Å². The molecule has 158 valence electrons. The van der Waals surface area contributed by atoms with Gasteiger partial charge in [0.1, 0.15) is 0 Å². The standard InChI is InChI=1S/C24H22IN3O2S/c1-15-11-12-19(14-21(15)25)23(30)28-24(31)27-20-10-6-9-18(13-20)22(29)26-16(2)17-7-4-3-5-8-17/h3-14,16H,1-2H3,(H,26,29)(H2,27,28,30,31). The molecule has 0 spiro atoms. The minimum Gasteiger partial charge on any atom is -0.346 e. The zero-order valence-electron chi connectivity index (χ0n) is 17.1. The molecule has 0 aliphatic rings. The molecule has 3 aromatic carbocycles. The van der Waals surface area contributed by atoms with Crippen LogP contribution in [0.1, 0.15) is 44.8 Å². The average Bonchev–Trinajstić information content (AvgIpc) is 2.76. The lowest BCUT2D eigenvalue weighted by Crippen LogP contribution is -2.34. The Morgan fingerprint density at radius 1 is 0.903 bits per heavy atom. The lowest BCUT2D eigenvalue weighted by Gasteiger charge is -2.15. The Kier molecular flexibility index (Phi) is 7.75. The van der Waals surface area contributed by atoms with E-state index < -0.39 is 0 Å². The van der Waals surface area contributed by atoms with Crippen LogP contribution >= 0.6 is 34.8 Å². The first-order valence-corrected chi connectivity index (χ1v) is 11.2. The van der Waals surface area contributed by atoms with Crippen LogP contribution in [-0.4, -0.2) is 16.9 Å². The molecule has 3 rings (SSSR count). The second-order valence-electron chi connectivity index (χ2n) is 7.06. The van der Waals surface area contributed by atoms with E-state index in [0.29, 0.717) is 16.8 Å². The van der Waals surface area contributed by atoms with Gasteiger partial charge in [-0.3, -0.25) is 14.9 Å². The van der Waals surface area contributed by atoms with E-state index >= 15 is 0 Å². The van der Waals surface area contributed by atoms with E-state index in [9.17, 15) is 9.59 Å². The van der Waals surface area contributed by atoms with Crippen molar-refractivity contribution in [3.8, 4) is 0 Å². The van der Waals surface area contributed by atoms with E-state index in [1.165, 1.54) is 0 Å². The second-order valence-corrected chi connectivity index (χ2v) is 8.63. The first-order valence-electron chi connectivity index (χ1n) is 9.68. The number of anilines is 1. The molecule has 0 fully saturated rings. The van der Waals surface area contributed by atoms with Gasteiger partial charge in [0.05, 0.1) is 6.04 Å². The molecule has 0 saturated heterocycles. The maximum atomic E-state index is 12.6. The van der Waals surface area contributed by atoms with E-state index in [4.69, 9.17) is 12.2 Å². The van der Waals surface area contributed by atoms with Gasteiger partial charge in [-0.15, -0.1) is 0 Å². The summed E-state index contributed by atoms with van der Waals surface area (Å²) < 4.78 is 1.01. The Morgan fingerprint density at radius 3 is 2.32 bits per heavy atom. The number of nitrogens with one attached hydrogen (secondary N) is 3. The third-order valence-corrected chi connectivity index (χ3v) is 6.06. The van der Waals surface area contributed by atoms with Gasteiger partial charge in [-0.2, -0.15) is 0 Å². The highest BCUT2D eigenvalue weighted by Gasteiger charge is 2.13. The average molecular weight is 543 g/mol. The Morgan fingerprint density at radius 2 is 1.61 bits per heavy atom. The number of carbonyl (C=O) groups excluding carboxylic acids is 2. The highest BCUT2D eigenvalue weighted by atomic mass is 127. The molecule has 31 heavy (non-hydrogen) atoms. The van der Waals surface area contributed by atoms with Crippen LogP contribution in [0.2, 0.25) is 0 Å². The van der Waals surface area contributed by atoms with Gasteiger partial charge in [-0.1, -0.05) is 42.5 Å². The summed E-state index contributed by atoms with van der Waals surface area (Å²) in [6.45, 7) is 3.92. The third-order valence-electron chi connectivity index (χ3n) is 4.69. The molecule has 0 heterocycles. The quantitative estimate of drug-likeness (QED) is 0.305. The number of carbonyl (C=O) groups is 2. The van der Waals surface area contributed by atoms with Crippen molar-refractivity contribution in [2.75, 3.05) is 5.32 Å². The SMILES string of the molecule is Cc1ccc(C(=O)NC(=S)Nc2cccc(C(=O)NC(C)c3ccccc3)c2)cc1I. The van der Waals surface area contributed by atoms with Gasteiger partial charge in [-0.25, -0.2) is 0 Å². The lowest BCUT2D eigenvalue weighted by atomic mass is 10.1. The summed E-state index contributed by atoms with van der Waals surface area (Å²) in [5.74, 6) is -0.481. The molecule has 1 unspecified atom stereocenters. The smallest absolute Gasteiger partial charge is 0.257 e. The molecule has 0 saturated carbocycles. The second kappa shape index (κ2) is 10.5. The summed E-state index contributed by atoms with van der Waals surface area (Å²) in [6.07, 6.45) is 0. The predicted octanol–water partition coefficient (Wildman–Crippen LogP) is 5.22. The number of hydrogen-bond donors (Lipinski definition) is 3. The molecule has 5 nitrogen and oxygen atoms in total. The van der Waals surface area contributed by atoms with Crippen LogP contribution in [0, 0.1) is 10.5 Å². The van der Waals surface area contributed by atoms with Crippen LogP contribution in [0.4, 0.5) is 5.69 Å². The van der Waals surface area contributed by atoms with E-state index in [1.54, 1.807) is 30.3 Å². The Hall–Kier alpha value is -2.78. The van der Waals surface area contributed by atoms with Crippen molar-refractivity contribution >= 4 is 57.4 Å². The van der Waals surface area contributed by atoms with Gasteiger partial charge in [-0.05, 0) is 90.1 Å². The van der Waals surface area contributed by atoms with E-state index in [-0.39, 0.29) is 23.0 Å². The highest BCUT2D eigenvalue weighted by Crippen LogP contribution is 2.16. The molecular weight excluding hydrogens is 521 g/mol. The number of hydrogen-bond acceptors (Lipinski definition) is 3. The van der Waals surface area contributed by atoms with Crippen molar-refractivity contribution in [1.82, 2.24) is 10.6 Å². The molecule has 3 aromatic rings. The fourth-order valence-corrected chi connectivity index (χ4v) is 3.64. The van der Waals surface area contributed by atoms with Gasteiger partial charge >= 0.3 is 0 Å². The number of thiocarbonyl (C=S) groups is 1. The molecule has 0 bridgehead atoms. The number of rotatable bonds is 5. The maximum Gasteiger partial charge on any atom is 0.257 e. The number of benzene rings is 3. The molecule has 0 aromatic heterocycles. The van der Waals surface area contributed by atoms with Gasteiger partial charge in [0.25, 0.3) is 11.8 Å². The Labute approximate surface area is 200 Å². The van der Waals surface area contributed by atoms with Crippen molar-refractivity contribution in [2.45, 2.75) is 19.9 Å². The van der Waals surface area contributed by atoms with Crippen LogP contribution in [-0.2, 0) is 0 Å². The summed E-state index contributed by atoms with van der Waals surface area (Å²) in [5.41, 5.74) is 3.77. The van der Waals surface area contributed by atoms with Crippen molar-refractivity contribution in [2.24, 2.45) is 0 Å². The summed E-state index contributed by atoms with van der Waals surface area (Å²) in [4.78, 5) is 25.1. The number of aryl methyl sites for hydroxylation is 1. The van der Waals surface area contributed by atoms with Crippen LogP contribution in [0.25, 0.3) is 0 Å². The largest absolute Gasteiger partial charge is 0.346 e. The van der Waals surface area contributed by atoms with E-state index in [0.717, 1.165) is 14.7 Å². The highest BCUT2D eigenvalue weighted by molar-refractivity contribution is 14.1. The topological polar surface area (TPSA) is 70.2 Å². The van der Waals surface area contributed by atoms with E-state index in [1.807, 2.05) is 56.3 Å². The molecule has 2 amide bonds. The predicted molar refractivity (Wildman–Crippen MR) is 136 cm³/mol. The zero-order chi connectivity index (χ0) is 22.4. The lowest BCUT2D eigenvalue weighted by molar-refractivity contribution is 0.0938. The van der Waals surface area contributed by atoms with Crippen LogP contribution < -0.4 is 16.0 Å². The fourth-order valence-electron chi connectivity index (χ4n) is 2.91. The van der Waals surface area contributed by atoms with Crippen molar-refractivity contribution in [3.05, 3.63) is 98.6 Å². The van der Waals surface area contributed by atoms with E-state index in [2.05, 4.69) is 38.5 Å². The molecule has 1 atom stereocenters. The third kappa shape index (κ3) is 6.35. The van der Waals surface area contributed by atoms with Crippen LogP contribution in [0.3, 0.4) is 0 Å². The Balaban J connectivity index is 1.61. The molecule has 0 aliphatic carbocycles. The fraction of sp³-hybridized carbons (Fsp3) is 0.125. The normalized spacial score (nSPS) is 11.3. The first kappa shape index (κ1) is 22.9. The summed E-state index contributed by atoms with van der Waals surface area (Å²) in [6, 6.07) is 22.1. The number of amides is 2. The molecular formula is C24H22IN3O2S. The summed E-state index contributed by atoms with van der Waals surface area (Å²) in [7, 11) is 0. The first-order chi connectivity index (χ1) is 14.8. The molecule has 0 radical (unpaired) electrons. The summed E-state index contributed by atoms with van der Waals surface area (Å²) >= 11 is 7.46. The minimum atomic E-state index is -0.291. The van der Waals surface area contributed by atoms with Gasteiger partial charge in [0.15, 0.2) is 5.11 Å². The molecule has 0 aliphatic heterocycles. The van der Waals surface area contributed by atoms with Crippen molar-refractivity contribution in [3.63, 3.8) is 0 Å². The number of halogens is 1. The monoisotopic (exact) mass is 543 g/mol. The molecule has 3 N–H and O–H groups in total. The molecule has 7 heteroatoms. The van der Waals surface area contributed by atoms with Crippen molar-refractivity contribution in [1.29, 1.82) is 0 Å².